The number of nitrogens with one attached hydrogen (secondary N) is 1. The van der Waals surface area contributed by atoms with E-state index >= 15 is 0 Å². The van der Waals surface area contributed by atoms with E-state index in [1.807, 2.05) is 13.8 Å². The van der Waals surface area contributed by atoms with E-state index in [0.29, 0.717) is 28.2 Å². The van der Waals surface area contributed by atoms with Gasteiger partial charge in [0, 0.05) is 25.2 Å². The van der Waals surface area contributed by atoms with Crippen molar-refractivity contribution < 1.29 is 8.42 Å². The van der Waals surface area contributed by atoms with Crippen LogP contribution in [-0.2, 0) is 10.0 Å². The Morgan fingerprint density at radius 2 is 2.18 bits per heavy atom. The summed E-state index contributed by atoms with van der Waals surface area (Å²) in [6.45, 7) is 5.68. The second kappa shape index (κ2) is 4.51. The maximum absolute atomic E-state index is 12.5. The highest BCUT2D eigenvalue weighted by Crippen LogP contribution is 2.31. The van der Waals surface area contributed by atoms with Gasteiger partial charge in [-0.2, -0.15) is 4.31 Å². The Hall–Kier alpha value is -0.140. The Bertz CT molecular complexity index is 510. The number of nitrogens with zero attached hydrogens (tertiary/aromatic N) is 1. The predicted octanol–water partition coefficient (Wildman–Crippen LogP) is 1.77. The number of rotatable bonds is 2. The van der Waals surface area contributed by atoms with Crippen LogP contribution in [0.25, 0.3) is 0 Å². The number of halogens is 1. The van der Waals surface area contributed by atoms with Gasteiger partial charge in [-0.25, -0.2) is 8.42 Å². The molecule has 0 aromatic carbocycles. The Labute approximate surface area is 111 Å². The van der Waals surface area contributed by atoms with Crippen LogP contribution in [0.15, 0.2) is 16.3 Å². The maximum atomic E-state index is 12.5. The molecule has 1 N–H and O–H groups in total. The van der Waals surface area contributed by atoms with Gasteiger partial charge < -0.3 is 5.32 Å². The van der Waals surface area contributed by atoms with Gasteiger partial charge in [0.2, 0.25) is 0 Å². The van der Waals surface area contributed by atoms with Crippen LogP contribution in [0.4, 0.5) is 0 Å². The summed E-state index contributed by atoms with van der Waals surface area (Å²) >= 11 is 6.90. The molecule has 4 nitrogen and oxygen atoms in total. The molecule has 0 unspecified atom stereocenters. The third kappa shape index (κ3) is 2.51. The van der Waals surface area contributed by atoms with Crippen molar-refractivity contribution in [2.45, 2.75) is 23.6 Å². The fraction of sp³-hybridized carbons (Fsp3) is 0.600. The van der Waals surface area contributed by atoms with Crippen molar-refractivity contribution >= 4 is 33.0 Å². The summed E-state index contributed by atoms with van der Waals surface area (Å²) in [5.41, 5.74) is -0.409. The highest BCUT2D eigenvalue weighted by molar-refractivity contribution is 7.91. The highest BCUT2D eigenvalue weighted by Gasteiger charge is 2.39. The van der Waals surface area contributed by atoms with E-state index < -0.39 is 15.6 Å². The van der Waals surface area contributed by atoms with Gasteiger partial charge in [0.25, 0.3) is 10.0 Å². The molecule has 0 spiro atoms. The third-order valence-electron chi connectivity index (χ3n) is 2.82. The molecule has 7 heteroatoms. The molecule has 0 atom stereocenters. The van der Waals surface area contributed by atoms with Crippen molar-refractivity contribution in [3.05, 3.63) is 16.5 Å². The van der Waals surface area contributed by atoms with Crippen molar-refractivity contribution in [3.8, 4) is 0 Å². The number of hydrogen-bond donors (Lipinski definition) is 1. The number of thiophene rings is 1. The lowest BCUT2D eigenvalue weighted by molar-refractivity contribution is 0.186. The van der Waals surface area contributed by atoms with Gasteiger partial charge >= 0.3 is 0 Å². The minimum Gasteiger partial charge on any atom is -0.314 e. The van der Waals surface area contributed by atoms with E-state index in [4.69, 9.17) is 11.6 Å². The molecule has 1 aromatic heterocycles. The van der Waals surface area contributed by atoms with Gasteiger partial charge in [0.1, 0.15) is 4.21 Å². The van der Waals surface area contributed by atoms with Crippen LogP contribution in [0.1, 0.15) is 13.8 Å². The summed E-state index contributed by atoms with van der Waals surface area (Å²) in [6, 6.07) is 3.19. The molecule has 1 fully saturated rings. The summed E-state index contributed by atoms with van der Waals surface area (Å²) in [4.78, 5) is 0. The third-order valence-corrected chi connectivity index (χ3v) is 6.63. The lowest BCUT2D eigenvalue weighted by Crippen LogP contribution is -2.59. The second-order valence-electron chi connectivity index (χ2n) is 4.62. The summed E-state index contributed by atoms with van der Waals surface area (Å²) in [5.74, 6) is 0. The number of piperazine rings is 1. The van der Waals surface area contributed by atoms with E-state index in [0.717, 1.165) is 11.3 Å². The van der Waals surface area contributed by atoms with Crippen LogP contribution in [-0.4, -0.2) is 37.9 Å². The van der Waals surface area contributed by atoms with Gasteiger partial charge in [-0.15, -0.1) is 11.3 Å². The van der Waals surface area contributed by atoms with Crippen molar-refractivity contribution in [3.63, 3.8) is 0 Å². The zero-order chi connectivity index (χ0) is 12.7. The molecule has 1 aliphatic heterocycles. The van der Waals surface area contributed by atoms with Crippen molar-refractivity contribution in [2.75, 3.05) is 19.6 Å². The molecule has 0 bridgehead atoms. The van der Waals surface area contributed by atoms with Gasteiger partial charge in [-0.3, -0.25) is 0 Å². The molecule has 0 radical (unpaired) electrons. The average molecular weight is 295 g/mol. The summed E-state index contributed by atoms with van der Waals surface area (Å²) in [5, 5.41) is 3.20. The topological polar surface area (TPSA) is 49.4 Å². The van der Waals surface area contributed by atoms with Gasteiger partial charge in [0.05, 0.1) is 4.34 Å². The van der Waals surface area contributed by atoms with E-state index in [2.05, 4.69) is 5.32 Å². The van der Waals surface area contributed by atoms with Crippen LogP contribution in [0.2, 0.25) is 4.34 Å². The monoisotopic (exact) mass is 294 g/mol. The van der Waals surface area contributed by atoms with Gasteiger partial charge in [-0.05, 0) is 26.0 Å². The van der Waals surface area contributed by atoms with Crippen molar-refractivity contribution in [1.82, 2.24) is 9.62 Å². The first kappa shape index (κ1) is 13.3. The Morgan fingerprint density at radius 1 is 1.47 bits per heavy atom. The molecule has 0 aliphatic carbocycles. The first-order valence-corrected chi connectivity index (χ1v) is 7.96. The zero-order valence-electron chi connectivity index (χ0n) is 9.73. The van der Waals surface area contributed by atoms with Crippen LogP contribution in [0, 0.1) is 0 Å². The molecular weight excluding hydrogens is 280 g/mol. The summed E-state index contributed by atoms with van der Waals surface area (Å²) < 4.78 is 27.3. The predicted molar refractivity (Wildman–Crippen MR) is 70.2 cm³/mol. The molecule has 96 valence electrons. The first-order chi connectivity index (χ1) is 7.84. The lowest BCUT2D eigenvalue weighted by Gasteiger charge is -2.41. The molecule has 17 heavy (non-hydrogen) atoms. The molecule has 1 saturated heterocycles. The summed E-state index contributed by atoms with van der Waals surface area (Å²) in [6.07, 6.45) is 0. The molecule has 1 aromatic rings. The van der Waals surface area contributed by atoms with Crippen molar-refractivity contribution in [1.29, 1.82) is 0 Å². The quantitative estimate of drug-likeness (QED) is 0.904. The van der Waals surface area contributed by atoms with Crippen LogP contribution in [0.3, 0.4) is 0 Å². The zero-order valence-corrected chi connectivity index (χ0v) is 12.1. The Kier molecular flexibility index (Phi) is 3.53. The van der Waals surface area contributed by atoms with E-state index in [-0.39, 0.29) is 0 Å². The molecule has 1 aliphatic rings. The van der Waals surface area contributed by atoms with Crippen molar-refractivity contribution in [2.24, 2.45) is 0 Å². The first-order valence-electron chi connectivity index (χ1n) is 5.33. The number of hydrogen-bond acceptors (Lipinski definition) is 4. The van der Waals surface area contributed by atoms with Crippen LogP contribution in [0.5, 0.6) is 0 Å². The maximum Gasteiger partial charge on any atom is 0.253 e. The second-order valence-corrected chi connectivity index (χ2v) is 8.43. The molecule has 2 rings (SSSR count). The highest BCUT2D eigenvalue weighted by atomic mass is 35.5. The summed E-state index contributed by atoms with van der Waals surface area (Å²) in [7, 11) is -3.42. The average Bonchev–Trinajstić information content (AvgIpc) is 2.64. The fourth-order valence-corrected chi connectivity index (χ4v) is 5.33. The van der Waals surface area contributed by atoms with Gasteiger partial charge in [0.15, 0.2) is 0 Å². The molecular formula is C10H15ClN2O2S2. The molecule has 2 heterocycles. The molecule has 0 saturated carbocycles. The minimum absolute atomic E-state index is 0.317. The normalized spacial score (nSPS) is 21.6. The largest absolute Gasteiger partial charge is 0.314 e. The standard InChI is InChI=1S/C10H15ClN2O2S2/c1-10(2)7-12-5-6-13(10)17(14,15)9-4-3-8(11)16-9/h3-4,12H,5-7H2,1-2H3. The smallest absolute Gasteiger partial charge is 0.253 e. The minimum atomic E-state index is -3.42. The van der Waals surface area contributed by atoms with E-state index in [1.165, 1.54) is 0 Å². The fourth-order valence-electron chi connectivity index (χ4n) is 1.96. The number of sulfonamides is 1. The van der Waals surface area contributed by atoms with E-state index in [9.17, 15) is 8.42 Å². The van der Waals surface area contributed by atoms with Crippen LogP contribution < -0.4 is 5.32 Å². The Morgan fingerprint density at radius 3 is 2.71 bits per heavy atom. The van der Waals surface area contributed by atoms with E-state index in [1.54, 1.807) is 16.4 Å². The Balaban J connectivity index is 2.38. The van der Waals surface area contributed by atoms with Gasteiger partial charge in [-0.1, -0.05) is 11.6 Å². The lowest BCUT2D eigenvalue weighted by atomic mass is 10.0. The SMILES string of the molecule is CC1(C)CNCCN1S(=O)(=O)c1ccc(Cl)s1. The molecule has 0 amide bonds. The van der Waals surface area contributed by atoms with Crippen LogP contribution >= 0.6 is 22.9 Å².